The van der Waals surface area contributed by atoms with Crippen molar-refractivity contribution in [1.29, 1.82) is 0 Å². The van der Waals surface area contributed by atoms with E-state index in [4.69, 9.17) is 4.74 Å². The molecular weight excluding hydrogens is 388 g/mol. The number of ether oxygens (including phenoxy) is 1. The molecule has 28 heavy (non-hydrogen) atoms. The lowest BCUT2D eigenvalue weighted by atomic mass is 10.1. The van der Waals surface area contributed by atoms with Crippen molar-refractivity contribution in [2.24, 2.45) is 0 Å². The summed E-state index contributed by atoms with van der Waals surface area (Å²) >= 11 is 0. The lowest BCUT2D eigenvalue weighted by molar-refractivity contribution is -0.385. The molecule has 1 atom stereocenters. The van der Waals surface area contributed by atoms with Gasteiger partial charge in [0, 0.05) is 17.7 Å². The van der Waals surface area contributed by atoms with Crippen molar-refractivity contribution >= 4 is 27.2 Å². The molecule has 11 heteroatoms. The number of aromatic nitrogens is 2. The second-order valence-electron chi connectivity index (χ2n) is 6.50. The molecular formula is C17H20N4O6S. The van der Waals surface area contributed by atoms with Gasteiger partial charge in [0.1, 0.15) is 5.82 Å². The molecule has 150 valence electrons. The molecule has 1 fully saturated rings. The number of hydrogen-bond acceptors (Lipinski definition) is 7. The van der Waals surface area contributed by atoms with E-state index >= 15 is 0 Å². The van der Waals surface area contributed by atoms with Crippen molar-refractivity contribution in [2.75, 3.05) is 23.4 Å². The molecule has 0 unspecified atom stereocenters. The van der Waals surface area contributed by atoms with Gasteiger partial charge < -0.3 is 10.1 Å². The Morgan fingerprint density at radius 2 is 2.18 bits per heavy atom. The second kappa shape index (κ2) is 7.58. The Morgan fingerprint density at radius 1 is 1.43 bits per heavy atom. The summed E-state index contributed by atoms with van der Waals surface area (Å²) in [6, 6.07) is 5.23. The van der Waals surface area contributed by atoms with Gasteiger partial charge in [-0.2, -0.15) is 5.10 Å². The minimum atomic E-state index is -3.12. The summed E-state index contributed by atoms with van der Waals surface area (Å²) in [4.78, 5) is 23.3. The number of carbonyl (C=O) groups excluding carboxylic acids is 1. The molecule has 0 aliphatic carbocycles. The number of nitro benzene ring substituents is 1. The van der Waals surface area contributed by atoms with E-state index in [1.54, 1.807) is 19.9 Å². The number of benzene rings is 1. The summed E-state index contributed by atoms with van der Waals surface area (Å²) in [5, 5.41) is 18.2. The average Bonchev–Trinajstić information content (AvgIpc) is 3.16. The smallest absolute Gasteiger partial charge is 0.311 e. The van der Waals surface area contributed by atoms with E-state index in [-0.39, 0.29) is 41.2 Å². The molecule has 2 heterocycles. The summed E-state index contributed by atoms with van der Waals surface area (Å²) in [5.74, 6) is -0.0870. The third-order valence-electron chi connectivity index (χ3n) is 4.37. The molecule has 1 aromatic carbocycles. The number of nitrogens with zero attached hydrogens (tertiary/aromatic N) is 3. The van der Waals surface area contributed by atoms with Gasteiger partial charge in [-0.05, 0) is 32.4 Å². The first-order valence-corrected chi connectivity index (χ1v) is 10.5. The largest absolute Gasteiger partial charge is 0.487 e. The Hall–Kier alpha value is -2.95. The quantitative estimate of drug-likeness (QED) is 0.571. The van der Waals surface area contributed by atoms with Gasteiger partial charge in [-0.1, -0.05) is 0 Å². The summed E-state index contributed by atoms with van der Waals surface area (Å²) in [7, 11) is -3.12. The molecule has 3 rings (SSSR count). The highest BCUT2D eigenvalue weighted by molar-refractivity contribution is 7.91. The third kappa shape index (κ3) is 4.14. The van der Waals surface area contributed by atoms with Gasteiger partial charge >= 0.3 is 5.69 Å². The summed E-state index contributed by atoms with van der Waals surface area (Å²) < 4.78 is 30.2. The van der Waals surface area contributed by atoms with E-state index < -0.39 is 20.7 Å². The minimum Gasteiger partial charge on any atom is -0.487 e. The zero-order valence-electron chi connectivity index (χ0n) is 15.4. The Bertz CT molecular complexity index is 1030. The maximum absolute atomic E-state index is 12.6. The van der Waals surface area contributed by atoms with Gasteiger partial charge in [0.25, 0.3) is 5.91 Å². The Labute approximate surface area is 161 Å². The van der Waals surface area contributed by atoms with Crippen LogP contribution in [0.15, 0.2) is 24.3 Å². The molecule has 0 spiro atoms. The van der Waals surface area contributed by atoms with Crippen LogP contribution in [0.1, 0.15) is 35.4 Å². The number of nitro groups is 1. The van der Waals surface area contributed by atoms with Gasteiger partial charge in [0.05, 0.1) is 34.8 Å². The van der Waals surface area contributed by atoms with Gasteiger partial charge in [0.15, 0.2) is 15.6 Å². The van der Waals surface area contributed by atoms with Crippen LogP contribution in [0.3, 0.4) is 0 Å². The predicted molar refractivity (Wildman–Crippen MR) is 101 cm³/mol. The lowest BCUT2D eigenvalue weighted by Crippen LogP contribution is -2.19. The zero-order chi connectivity index (χ0) is 20.5. The van der Waals surface area contributed by atoms with Crippen LogP contribution in [0.5, 0.6) is 5.75 Å². The number of aryl methyl sites for hydroxylation is 1. The second-order valence-corrected chi connectivity index (χ2v) is 8.73. The number of sulfone groups is 1. The highest BCUT2D eigenvalue weighted by Crippen LogP contribution is 2.30. The fourth-order valence-corrected chi connectivity index (χ4v) is 4.82. The SMILES string of the molecule is CCOc1ccc(C(=O)Nc2cc(C)nn2[C@@H]2CCS(=O)(=O)C2)cc1[N+](=O)[O-]. The number of nitrogens with one attached hydrogen (secondary N) is 1. The fourth-order valence-electron chi connectivity index (χ4n) is 3.12. The van der Waals surface area contributed by atoms with Crippen molar-refractivity contribution in [1.82, 2.24) is 9.78 Å². The van der Waals surface area contributed by atoms with E-state index in [0.717, 1.165) is 6.07 Å². The van der Waals surface area contributed by atoms with Crippen LogP contribution in [0.4, 0.5) is 11.5 Å². The fraction of sp³-hybridized carbons (Fsp3) is 0.412. The number of carbonyl (C=O) groups is 1. The standard InChI is InChI=1S/C17H20N4O6S/c1-3-27-15-5-4-12(9-14(15)21(23)24)17(22)18-16-8-11(2)19-20(16)13-6-7-28(25,26)10-13/h4-5,8-9,13H,3,6-7,10H2,1-2H3,(H,18,22)/t13-/m1/s1. The normalized spacial score (nSPS) is 18.0. The van der Waals surface area contributed by atoms with E-state index in [1.807, 2.05) is 0 Å². The van der Waals surface area contributed by atoms with Crippen LogP contribution in [0.2, 0.25) is 0 Å². The minimum absolute atomic E-state index is 0.0362. The summed E-state index contributed by atoms with van der Waals surface area (Å²) in [6.07, 6.45) is 0.418. The van der Waals surface area contributed by atoms with Gasteiger partial charge in [-0.25, -0.2) is 13.1 Å². The maximum Gasteiger partial charge on any atom is 0.311 e. The number of rotatable bonds is 6. The Kier molecular flexibility index (Phi) is 5.36. The third-order valence-corrected chi connectivity index (χ3v) is 6.12. The van der Waals surface area contributed by atoms with E-state index in [1.165, 1.54) is 16.8 Å². The first kappa shape index (κ1) is 19.8. The van der Waals surface area contributed by atoms with Crippen molar-refractivity contribution in [2.45, 2.75) is 26.3 Å². The number of hydrogen-bond donors (Lipinski definition) is 1. The van der Waals surface area contributed by atoms with Crippen molar-refractivity contribution in [3.8, 4) is 5.75 Å². The number of amides is 1. The highest BCUT2D eigenvalue weighted by Gasteiger charge is 2.31. The van der Waals surface area contributed by atoms with Crippen LogP contribution < -0.4 is 10.1 Å². The first-order valence-electron chi connectivity index (χ1n) is 8.69. The molecule has 1 N–H and O–H groups in total. The lowest BCUT2D eigenvalue weighted by Gasteiger charge is -2.14. The van der Waals surface area contributed by atoms with E-state index in [2.05, 4.69) is 10.4 Å². The predicted octanol–water partition coefficient (Wildman–Crippen LogP) is 2.11. The van der Waals surface area contributed by atoms with E-state index in [0.29, 0.717) is 17.9 Å². The van der Waals surface area contributed by atoms with Crippen LogP contribution in [-0.4, -0.2) is 47.1 Å². The molecule has 2 aromatic rings. The Balaban J connectivity index is 1.86. The molecule has 0 saturated carbocycles. The van der Waals surface area contributed by atoms with Gasteiger partial charge in [-0.15, -0.1) is 0 Å². The van der Waals surface area contributed by atoms with Crippen LogP contribution >= 0.6 is 0 Å². The summed E-state index contributed by atoms with van der Waals surface area (Å²) in [5.41, 5.74) is 0.401. The molecule has 1 saturated heterocycles. The molecule has 1 amide bonds. The topological polar surface area (TPSA) is 133 Å². The highest BCUT2D eigenvalue weighted by atomic mass is 32.2. The van der Waals surface area contributed by atoms with Gasteiger partial charge in [0.2, 0.25) is 0 Å². The van der Waals surface area contributed by atoms with Crippen LogP contribution in [0.25, 0.3) is 0 Å². The summed E-state index contributed by atoms with van der Waals surface area (Å²) in [6.45, 7) is 3.70. The molecule has 10 nitrogen and oxygen atoms in total. The molecule has 1 aliphatic rings. The van der Waals surface area contributed by atoms with Crippen molar-refractivity contribution in [3.63, 3.8) is 0 Å². The molecule has 0 bridgehead atoms. The monoisotopic (exact) mass is 408 g/mol. The first-order chi connectivity index (χ1) is 13.2. The van der Waals surface area contributed by atoms with Crippen LogP contribution in [0, 0.1) is 17.0 Å². The van der Waals surface area contributed by atoms with Gasteiger partial charge in [-0.3, -0.25) is 14.9 Å². The van der Waals surface area contributed by atoms with E-state index in [9.17, 15) is 23.3 Å². The zero-order valence-corrected chi connectivity index (χ0v) is 16.2. The Morgan fingerprint density at radius 3 is 2.79 bits per heavy atom. The average molecular weight is 408 g/mol. The number of anilines is 1. The molecule has 1 aromatic heterocycles. The van der Waals surface area contributed by atoms with Crippen molar-refractivity contribution < 1.29 is 22.9 Å². The van der Waals surface area contributed by atoms with Crippen molar-refractivity contribution in [3.05, 3.63) is 45.6 Å². The molecule has 0 radical (unpaired) electrons. The molecule has 1 aliphatic heterocycles. The maximum atomic E-state index is 12.6. The van der Waals surface area contributed by atoms with Crippen LogP contribution in [-0.2, 0) is 9.84 Å².